The van der Waals surface area contributed by atoms with Crippen LogP contribution in [0.25, 0.3) is 0 Å². The van der Waals surface area contributed by atoms with Crippen LogP contribution in [0.4, 0.5) is 11.5 Å². The second-order valence-electron chi connectivity index (χ2n) is 3.44. The molecule has 2 rings (SSSR count). The summed E-state index contributed by atoms with van der Waals surface area (Å²) in [7, 11) is -3.56. The zero-order chi connectivity index (χ0) is 12.5. The number of hydrogen-bond acceptors (Lipinski definition) is 5. The fourth-order valence-electron chi connectivity index (χ4n) is 1.25. The van der Waals surface area contributed by atoms with Crippen molar-refractivity contribution in [2.45, 2.75) is 11.1 Å². The molecule has 7 heteroatoms. The Balaban J connectivity index is 2.29. The van der Waals surface area contributed by atoms with E-state index in [1.54, 1.807) is 18.2 Å². The van der Waals surface area contributed by atoms with E-state index in [-0.39, 0.29) is 10.0 Å². The second-order valence-corrected chi connectivity index (χ2v) is 6.64. The zero-order valence-electron chi connectivity index (χ0n) is 9.04. The van der Waals surface area contributed by atoms with Gasteiger partial charge < -0.3 is 5.73 Å². The predicted octanol–water partition coefficient (Wildman–Crippen LogP) is 1.83. The Morgan fingerprint density at radius 3 is 2.71 bits per heavy atom. The number of hydrogen-bond donors (Lipinski definition) is 2. The average Bonchev–Trinajstić information content (AvgIpc) is 2.65. The Morgan fingerprint density at radius 1 is 1.35 bits per heavy atom. The first-order valence-electron chi connectivity index (χ1n) is 4.78. The summed E-state index contributed by atoms with van der Waals surface area (Å²) in [6.45, 7) is 1.85. The molecule has 0 bridgehead atoms. The minimum atomic E-state index is -3.56. The molecule has 2 heterocycles. The number of nitrogen functional groups attached to an aromatic ring is 1. The number of nitrogens with one attached hydrogen (secondary N) is 1. The number of sulfonamides is 1. The van der Waals surface area contributed by atoms with Crippen molar-refractivity contribution >= 4 is 32.9 Å². The van der Waals surface area contributed by atoms with Crippen LogP contribution in [0.15, 0.2) is 34.7 Å². The minimum absolute atomic E-state index is 0.219. The lowest BCUT2D eigenvalue weighted by atomic mass is 10.4. The average molecular weight is 269 g/mol. The van der Waals surface area contributed by atoms with Gasteiger partial charge in [-0.05, 0) is 25.1 Å². The van der Waals surface area contributed by atoms with Crippen molar-refractivity contribution < 1.29 is 8.42 Å². The third-order valence-electron chi connectivity index (χ3n) is 2.00. The molecular weight excluding hydrogens is 258 g/mol. The van der Waals surface area contributed by atoms with Gasteiger partial charge in [-0.2, -0.15) is 0 Å². The van der Waals surface area contributed by atoms with Crippen molar-refractivity contribution in [1.82, 2.24) is 4.98 Å². The number of aromatic nitrogens is 1. The smallest absolute Gasteiger partial charge is 0.272 e. The van der Waals surface area contributed by atoms with Crippen LogP contribution in [0.3, 0.4) is 0 Å². The number of aryl methyl sites for hydroxylation is 1. The van der Waals surface area contributed by atoms with Gasteiger partial charge in [0.1, 0.15) is 10.0 Å². The van der Waals surface area contributed by atoms with Crippen molar-refractivity contribution in [3.63, 3.8) is 0 Å². The standard InChI is InChI=1S/C10H11N3O2S2/c1-7-2-3-10(16-7)17(14,15)13-9-6-8(11)4-5-12-9/h2-6H,1H3,(H3,11,12,13). The molecule has 90 valence electrons. The van der Waals surface area contributed by atoms with E-state index < -0.39 is 10.0 Å². The summed E-state index contributed by atoms with van der Waals surface area (Å²) in [5, 5.41) is 0. The van der Waals surface area contributed by atoms with Gasteiger partial charge in [-0.25, -0.2) is 13.4 Å². The van der Waals surface area contributed by atoms with E-state index >= 15 is 0 Å². The highest BCUT2D eigenvalue weighted by molar-refractivity contribution is 7.94. The Kier molecular flexibility index (Phi) is 3.03. The third-order valence-corrected chi connectivity index (χ3v) is 4.85. The Labute approximate surface area is 103 Å². The zero-order valence-corrected chi connectivity index (χ0v) is 10.7. The number of nitrogens with zero attached hydrogens (tertiary/aromatic N) is 1. The molecule has 0 unspecified atom stereocenters. The van der Waals surface area contributed by atoms with Crippen LogP contribution in [-0.4, -0.2) is 13.4 Å². The summed E-state index contributed by atoms with van der Waals surface area (Å²) < 4.78 is 26.5. The molecule has 0 amide bonds. The number of rotatable bonds is 3. The topological polar surface area (TPSA) is 85.1 Å². The van der Waals surface area contributed by atoms with Crippen LogP contribution < -0.4 is 10.5 Å². The van der Waals surface area contributed by atoms with Gasteiger partial charge in [-0.3, -0.25) is 4.72 Å². The highest BCUT2D eigenvalue weighted by atomic mass is 32.2. The van der Waals surface area contributed by atoms with Crippen LogP contribution >= 0.6 is 11.3 Å². The molecule has 0 radical (unpaired) electrons. The third kappa shape index (κ3) is 2.75. The summed E-state index contributed by atoms with van der Waals surface area (Å²) in [4.78, 5) is 4.83. The van der Waals surface area contributed by atoms with Crippen molar-refractivity contribution in [2.75, 3.05) is 10.5 Å². The van der Waals surface area contributed by atoms with E-state index in [4.69, 9.17) is 5.73 Å². The lowest BCUT2D eigenvalue weighted by molar-refractivity contribution is 0.603. The highest BCUT2D eigenvalue weighted by Gasteiger charge is 2.16. The first-order chi connectivity index (χ1) is 7.97. The summed E-state index contributed by atoms with van der Waals surface area (Å²) in [6.07, 6.45) is 1.45. The van der Waals surface area contributed by atoms with Gasteiger partial charge >= 0.3 is 0 Å². The van der Waals surface area contributed by atoms with E-state index in [9.17, 15) is 8.42 Å². The minimum Gasteiger partial charge on any atom is -0.399 e. The van der Waals surface area contributed by atoms with Crippen LogP contribution in [0, 0.1) is 6.92 Å². The molecule has 3 N–H and O–H groups in total. The lowest BCUT2D eigenvalue weighted by Crippen LogP contribution is -2.12. The summed E-state index contributed by atoms with van der Waals surface area (Å²) in [6, 6.07) is 6.38. The van der Waals surface area contributed by atoms with E-state index in [1.807, 2.05) is 6.92 Å². The van der Waals surface area contributed by atoms with Gasteiger partial charge in [0.15, 0.2) is 0 Å². The summed E-state index contributed by atoms with van der Waals surface area (Å²) in [5.74, 6) is 0.219. The molecule has 0 saturated carbocycles. The summed E-state index contributed by atoms with van der Waals surface area (Å²) in [5.41, 5.74) is 6.01. The quantitative estimate of drug-likeness (QED) is 0.890. The van der Waals surface area contributed by atoms with E-state index in [0.717, 1.165) is 4.88 Å². The van der Waals surface area contributed by atoms with Crippen molar-refractivity contribution in [3.05, 3.63) is 35.3 Å². The lowest BCUT2D eigenvalue weighted by Gasteiger charge is -2.05. The number of pyridine rings is 1. The Bertz CT molecular complexity index is 635. The molecule has 0 fully saturated rings. The predicted molar refractivity (Wildman–Crippen MR) is 68.5 cm³/mol. The molecule has 0 aliphatic heterocycles. The fraction of sp³-hybridized carbons (Fsp3) is 0.100. The molecule has 5 nitrogen and oxygen atoms in total. The molecule has 2 aromatic heterocycles. The summed E-state index contributed by atoms with van der Waals surface area (Å²) >= 11 is 1.21. The Morgan fingerprint density at radius 2 is 2.12 bits per heavy atom. The van der Waals surface area contributed by atoms with Crippen LogP contribution in [0.1, 0.15) is 4.88 Å². The molecular formula is C10H11N3O2S2. The monoisotopic (exact) mass is 269 g/mol. The van der Waals surface area contributed by atoms with Gasteiger partial charge in [0, 0.05) is 22.8 Å². The largest absolute Gasteiger partial charge is 0.399 e. The van der Waals surface area contributed by atoms with Crippen LogP contribution in [-0.2, 0) is 10.0 Å². The first kappa shape index (κ1) is 11.9. The number of thiophene rings is 1. The molecule has 0 saturated heterocycles. The normalized spacial score (nSPS) is 11.4. The maximum atomic E-state index is 11.9. The van der Waals surface area contributed by atoms with Gasteiger partial charge in [0.05, 0.1) is 0 Å². The molecule has 0 atom stereocenters. The van der Waals surface area contributed by atoms with Crippen LogP contribution in [0.2, 0.25) is 0 Å². The number of anilines is 2. The van der Waals surface area contributed by atoms with Crippen molar-refractivity contribution in [2.24, 2.45) is 0 Å². The highest BCUT2D eigenvalue weighted by Crippen LogP contribution is 2.23. The fourth-order valence-corrected chi connectivity index (χ4v) is 3.53. The molecule has 0 aromatic carbocycles. The van der Waals surface area contributed by atoms with E-state index in [2.05, 4.69) is 9.71 Å². The number of nitrogens with two attached hydrogens (primary N) is 1. The van der Waals surface area contributed by atoms with E-state index in [1.165, 1.54) is 23.6 Å². The van der Waals surface area contributed by atoms with Gasteiger partial charge in [-0.15, -0.1) is 11.3 Å². The molecule has 0 aliphatic carbocycles. The maximum absolute atomic E-state index is 11.9. The van der Waals surface area contributed by atoms with Gasteiger partial charge in [0.2, 0.25) is 0 Å². The first-order valence-corrected chi connectivity index (χ1v) is 7.08. The van der Waals surface area contributed by atoms with E-state index in [0.29, 0.717) is 5.69 Å². The molecule has 0 spiro atoms. The van der Waals surface area contributed by atoms with Crippen molar-refractivity contribution in [3.8, 4) is 0 Å². The SMILES string of the molecule is Cc1ccc(S(=O)(=O)Nc2cc(N)ccn2)s1. The maximum Gasteiger partial charge on any atom is 0.272 e. The van der Waals surface area contributed by atoms with Gasteiger partial charge in [-0.1, -0.05) is 0 Å². The molecule has 17 heavy (non-hydrogen) atoms. The van der Waals surface area contributed by atoms with Crippen LogP contribution in [0.5, 0.6) is 0 Å². The molecule has 2 aromatic rings. The van der Waals surface area contributed by atoms with Crippen molar-refractivity contribution in [1.29, 1.82) is 0 Å². The molecule has 0 aliphatic rings. The van der Waals surface area contributed by atoms with Gasteiger partial charge in [0.25, 0.3) is 10.0 Å². The second kappa shape index (κ2) is 4.34. The Hall–Kier alpha value is -1.60.